The van der Waals surface area contributed by atoms with E-state index >= 15 is 0 Å². The van der Waals surface area contributed by atoms with Crippen LogP contribution in [0.4, 0.5) is 4.39 Å². The van der Waals surface area contributed by atoms with Crippen molar-refractivity contribution in [3.05, 3.63) is 35.6 Å². The SMILES string of the molecule is CCNC(=NCc1ccccc1F)N1CC[C@@H](O)C1. The third-order valence-electron chi connectivity index (χ3n) is 3.15. The van der Waals surface area contributed by atoms with E-state index in [9.17, 15) is 9.50 Å². The van der Waals surface area contributed by atoms with Gasteiger partial charge in [-0.1, -0.05) is 18.2 Å². The number of aliphatic hydroxyl groups excluding tert-OH is 1. The molecule has 0 amide bonds. The van der Waals surface area contributed by atoms with Crippen LogP contribution in [0, 0.1) is 5.82 Å². The fourth-order valence-electron chi connectivity index (χ4n) is 2.15. The van der Waals surface area contributed by atoms with Gasteiger partial charge in [0.1, 0.15) is 5.82 Å². The second-order valence-electron chi connectivity index (χ2n) is 4.65. The molecule has 2 rings (SSSR count). The summed E-state index contributed by atoms with van der Waals surface area (Å²) in [6.45, 7) is 4.42. The Morgan fingerprint density at radius 2 is 2.32 bits per heavy atom. The Morgan fingerprint density at radius 1 is 1.53 bits per heavy atom. The number of β-amino-alcohol motifs (C(OH)–C–C–N with tert-alkyl or cyclic N) is 1. The molecule has 5 heteroatoms. The summed E-state index contributed by atoms with van der Waals surface area (Å²) in [6.07, 6.45) is 0.460. The van der Waals surface area contributed by atoms with Crippen LogP contribution in [0.5, 0.6) is 0 Å². The van der Waals surface area contributed by atoms with E-state index in [0.717, 1.165) is 25.5 Å². The summed E-state index contributed by atoms with van der Waals surface area (Å²) < 4.78 is 13.5. The maximum atomic E-state index is 13.5. The molecule has 1 aliphatic rings. The Kier molecular flexibility index (Phi) is 4.74. The van der Waals surface area contributed by atoms with Crippen molar-refractivity contribution in [2.24, 2.45) is 4.99 Å². The van der Waals surface area contributed by atoms with Crippen molar-refractivity contribution in [3.63, 3.8) is 0 Å². The van der Waals surface area contributed by atoms with Crippen LogP contribution in [0.3, 0.4) is 0 Å². The molecule has 0 spiro atoms. The third-order valence-corrected chi connectivity index (χ3v) is 3.15. The molecule has 0 radical (unpaired) electrons. The minimum absolute atomic E-state index is 0.233. The molecule has 1 aromatic rings. The van der Waals surface area contributed by atoms with E-state index in [1.165, 1.54) is 6.07 Å². The Hall–Kier alpha value is -1.62. The molecule has 0 unspecified atom stereocenters. The molecule has 19 heavy (non-hydrogen) atoms. The molecule has 0 bridgehead atoms. The molecule has 0 aromatic heterocycles. The van der Waals surface area contributed by atoms with Gasteiger partial charge < -0.3 is 15.3 Å². The van der Waals surface area contributed by atoms with Gasteiger partial charge in [0.2, 0.25) is 0 Å². The number of likely N-dealkylation sites (tertiary alicyclic amines) is 1. The van der Waals surface area contributed by atoms with Gasteiger partial charge in [-0.3, -0.25) is 0 Å². The highest BCUT2D eigenvalue weighted by Gasteiger charge is 2.22. The standard InChI is InChI=1S/C14H20FN3O/c1-2-16-14(18-8-7-12(19)10-18)17-9-11-5-3-4-6-13(11)15/h3-6,12,19H,2,7-10H2,1H3,(H,16,17)/t12-/m1/s1. The maximum absolute atomic E-state index is 13.5. The summed E-state index contributed by atoms with van der Waals surface area (Å²) in [4.78, 5) is 6.45. The van der Waals surface area contributed by atoms with Gasteiger partial charge in [-0.15, -0.1) is 0 Å². The van der Waals surface area contributed by atoms with Crippen molar-refractivity contribution < 1.29 is 9.50 Å². The van der Waals surface area contributed by atoms with Crippen LogP contribution >= 0.6 is 0 Å². The molecule has 1 aliphatic heterocycles. The zero-order valence-corrected chi connectivity index (χ0v) is 11.1. The first-order valence-corrected chi connectivity index (χ1v) is 6.65. The first-order chi connectivity index (χ1) is 9.20. The number of aliphatic imine (C=N–C) groups is 1. The first kappa shape index (κ1) is 13.8. The number of nitrogens with one attached hydrogen (secondary N) is 1. The van der Waals surface area contributed by atoms with Crippen molar-refractivity contribution in [2.45, 2.75) is 26.0 Å². The summed E-state index contributed by atoms with van der Waals surface area (Å²) in [7, 11) is 0. The van der Waals surface area contributed by atoms with E-state index in [1.54, 1.807) is 18.2 Å². The Balaban J connectivity index is 2.06. The molecule has 4 nitrogen and oxygen atoms in total. The topological polar surface area (TPSA) is 47.9 Å². The molecule has 104 valence electrons. The first-order valence-electron chi connectivity index (χ1n) is 6.65. The molecule has 1 atom stereocenters. The van der Waals surface area contributed by atoms with Gasteiger partial charge >= 0.3 is 0 Å². The van der Waals surface area contributed by atoms with Gasteiger partial charge in [0.15, 0.2) is 5.96 Å². The number of guanidine groups is 1. The van der Waals surface area contributed by atoms with Crippen molar-refractivity contribution in [1.29, 1.82) is 0 Å². The van der Waals surface area contributed by atoms with E-state index < -0.39 is 0 Å². The second-order valence-corrected chi connectivity index (χ2v) is 4.65. The second kappa shape index (κ2) is 6.52. The lowest BCUT2D eigenvalue weighted by atomic mass is 10.2. The largest absolute Gasteiger partial charge is 0.391 e. The summed E-state index contributed by atoms with van der Waals surface area (Å²) >= 11 is 0. The number of nitrogens with zero attached hydrogens (tertiary/aromatic N) is 2. The number of aliphatic hydroxyl groups is 1. The van der Waals surface area contributed by atoms with Crippen LogP contribution in [0.2, 0.25) is 0 Å². The number of halogens is 1. The quantitative estimate of drug-likeness (QED) is 0.641. The average Bonchev–Trinajstić information content (AvgIpc) is 2.83. The van der Waals surface area contributed by atoms with E-state index in [4.69, 9.17) is 0 Å². The zero-order chi connectivity index (χ0) is 13.7. The molecule has 1 saturated heterocycles. The Morgan fingerprint density at radius 3 is 2.95 bits per heavy atom. The van der Waals surface area contributed by atoms with Crippen LogP contribution in [-0.4, -0.2) is 41.7 Å². The average molecular weight is 265 g/mol. The lowest BCUT2D eigenvalue weighted by molar-refractivity contribution is 0.188. The Labute approximate surface area is 113 Å². The van der Waals surface area contributed by atoms with Crippen molar-refractivity contribution >= 4 is 5.96 Å². The van der Waals surface area contributed by atoms with Gasteiger partial charge in [-0.05, 0) is 19.4 Å². The Bertz CT molecular complexity index is 450. The molecule has 1 aromatic carbocycles. The molecular weight excluding hydrogens is 245 g/mol. The van der Waals surface area contributed by atoms with Crippen LogP contribution in [-0.2, 0) is 6.54 Å². The molecule has 0 aliphatic carbocycles. The number of hydrogen-bond acceptors (Lipinski definition) is 2. The molecule has 2 N–H and O–H groups in total. The fourth-order valence-corrected chi connectivity index (χ4v) is 2.15. The zero-order valence-electron chi connectivity index (χ0n) is 11.1. The van der Waals surface area contributed by atoms with Gasteiger partial charge in [0.25, 0.3) is 0 Å². The van der Waals surface area contributed by atoms with E-state index in [2.05, 4.69) is 10.3 Å². The highest BCUT2D eigenvalue weighted by molar-refractivity contribution is 5.80. The van der Waals surface area contributed by atoms with Crippen LogP contribution in [0.25, 0.3) is 0 Å². The van der Waals surface area contributed by atoms with Gasteiger partial charge in [-0.25, -0.2) is 9.38 Å². The van der Waals surface area contributed by atoms with Crippen LogP contribution < -0.4 is 5.32 Å². The summed E-state index contributed by atoms with van der Waals surface area (Å²) in [5.41, 5.74) is 0.581. The van der Waals surface area contributed by atoms with E-state index in [0.29, 0.717) is 18.7 Å². The fraction of sp³-hybridized carbons (Fsp3) is 0.500. The normalized spacial score (nSPS) is 19.8. The molecule has 1 fully saturated rings. The van der Waals surface area contributed by atoms with E-state index in [-0.39, 0.29) is 11.9 Å². The van der Waals surface area contributed by atoms with E-state index in [1.807, 2.05) is 11.8 Å². The van der Waals surface area contributed by atoms with Gasteiger partial charge in [0.05, 0.1) is 12.6 Å². The minimum Gasteiger partial charge on any atom is -0.391 e. The maximum Gasteiger partial charge on any atom is 0.194 e. The van der Waals surface area contributed by atoms with Gasteiger partial charge in [0, 0.05) is 25.2 Å². The lowest BCUT2D eigenvalue weighted by Gasteiger charge is -2.20. The predicted octanol–water partition coefficient (Wildman–Crippen LogP) is 1.36. The number of rotatable bonds is 3. The smallest absolute Gasteiger partial charge is 0.194 e. The van der Waals surface area contributed by atoms with Gasteiger partial charge in [-0.2, -0.15) is 0 Å². The molecule has 0 saturated carbocycles. The highest BCUT2D eigenvalue weighted by Crippen LogP contribution is 2.11. The summed E-state index contributed by atoms with van der Waals surface area (Å²) in [6, 6.07) is 6.66. The van der Waals surface area contributed by atoms with Crippen LogP contribution in [0.1, 0.15) is 18.9 Å². The lowest BCUT2D eigenvalue weighted by Crippen LogP contribution is -2.40. The molecular formula is C14H20FN3O. The van der Waals surface area contributed by atoms with Crippen LogP contribution in [0.15, 0.2) is 29.3 Å². The summed E-state index contributed by atoms with van der Waals surface area (Å²) in [5.74, 6) is 0.505. The monoisotopic (exact) mass is 265 g/mol. The summed E-state index contributed by atoms with van der Waals surface area (Å²) in [5, 5.41) is 12.7. The third kappa shape index (κ3) is 3.67. The van der Waals surface area contributed by atoms with Crippen molar-refractivity contribution in [3.8, 4) is 0 Å². The number of hydrogen-bond donors (Lipinski definition) is 2. The predicted molar refractivity (Wildman–Crippen MR) is 73.4 cm³/mol. The number of benzene rings is 1. The highest BCUT2D eigenvalue weighted by atomic mass is 19.1. The van der Waals surface area contributed by atoms with Crippen molar-refractivity contribution in [1.82, 2.24) is 10.2 Å². The molecule has 1 heterocycles. The van der Waals surface area contributed by atoms with Crippen molar-refractivity contribution in [2.75, 3.05) is 19.6 Å². The minimum atomic E-state index is -0.294.